The monoisotopic (exact) mass is 474 g/mol. The predicted octanol–water partition coefficient (Wildman–Crippen LogP) is 3.56. The highest BCUT2D eigenvalue weighted by atomic mass is 35.5. The van der Waals surface area contributed by atoms with E-state index in [1.54, 1.807) is 11.9 Å². The average Bonchev–Trinajstić information content (AvgIpc) is 3.07. The second kappa shape index (κ2) is 10.5. The Hall–Kier alpha value is -2.03. The van der Waals surface area contributed by atoms with Gasteiger partial charge in [-0.3, -0.25) is 14.6 Å². The Morgan fingerprint density at radius 1 is 1.26 bits per heavy atom. The van der Waals surface area contributed by atoms with E-state index in [4.69, 9.17) is 32.7 Å². The number of benzene rings is 1. The fourth-order valence-corrected chi connectivity index (χ4v) is 4.08. The summed E-state index contributed by atoms with van der Waals surface area (Å²) in [7, 11) is 1.28. The van der Waals surface area contributed by atoms with Crippen molar-refractivity contribution in [2.24, 2.45) is 5.92 Å². The van der Waals surface area contributed by atoms with Gasteiger partial charge < -0.3 is 14.6 Å². The third-order valence-corrected chi connectivity index (χ3v) is 5.79. The standard InChI is InChI=1S/C21H28Cl2N2O6/c1-13(2)12-31-19(28)10-18(27)24(11-15-16(22)8-14(26)9-17(15)23)25-7-5-6-21(25,3)20(29)30-4/h8-9,13,26H,5-7,10-12H2,1-4H3. The number of carbonyl (C=O) groups excluding carboxylic acids is 3. The predicted molar refractivity (Wildman–Crippen MR) is 115 cm³/mol. The summed E-state index contributed by atoms with van der Waals surface area (Å²) in [5.41, 5.74) is -0.716. The molecule has 1 amide bonds. The molecule has 0 spiro atoms. The minimum atomic E-state index is -1.10. The zero-order valence-corrected chi connectivity index (χ0v) is 19.6. The van der Waals surface area contributed by atoms with Crippen molar-refractivity contribution in [1.82, 2.24) is 10.0 Å². The van der Waals surface area contributed by atoms with Crippen LogP contribution in [0.4, 0.5) is 0 Å². The molecule has 0 radical (unpaired) electrons. The van der Waals surface area contributed by atoms with Crippen molar-refractivity contribution in [3.8, 4) is 5.75 Å². The zero-order valence-electron chi connectivity index (χ0n) is 18.1. The van der Waals surface area contributed by atoms with Crippen LogP contribution in [0.1, 0.15) is 45.6 Å². The van der Waals surface area contributed by atoms with Crippen molar-refractivity contribution < 1.29 is 29.0 Å². The molecular formula is C21H28Cl2N2O6. The lowest BCUT2D eigenvalue weighted by molar-refractivity contribution is -0.176. The maximum Gasteiger partial charge on any atom is 0.327 e. The van der Waals surface area contributed by atoms with Crippen molar-refractivity contribution >= 4 is 41.0 Å². The van der Waals surface area contributed by atoms with Crippen LogP contribution in [0, 0.1) is 5.92 Å². The van der Waals surface area contributed by atoms with Crippen LogP contribution >= 0.6 is 23.2 Å². The van der Waals surface area contributed by atoms with Gasteiger partial charge in [0.1, 0.15) is 17.7 Å². The molecule has 1 aliphatic heterocycles. The topological polar surface area (TPSA) is 96.4 Å². The van der Waals surface area contributed by atoms with Crippen molar-refractivity contribution in [3.05, 3.63) is 27.7 Å². The lowest BCUT2D eigenvalue weighted by atomic mass is 10.0. The van der Waals surface area contributed by atoms with E-state index in [9.17, 15) is 19.5 Å². The fourth-order valence-electron chi connectivity index (χ4n) is 3.49. The van der Waals surface area contributed by atoms with Crippen LogP contribution in [0.15, 0.2) is 12.1 Å². The van der Waals surface area contributed by atoms with Crippen molar-refractivity contribution in [2.75, 3.05) is 20.3 Å². The molecule has 1 aromatic carbocycles. The number of phenolic OH excluding ortho intramolecular Hbond substituents is 1. The Bertz CT molecular complexity index is 824. The molecule has 1 atom stereocenters. The maximum atomic E-state index is 13.2. The van der Waals surface area contributed by atoms with Crippen molar-refractivity contribution in [1.29, 1.82) is 0 Å². The van der Waals surface area contributed by atoms with Crippen LogP contribution in [-0.4, -0.2) is 58.8 Å². The summed E-state index contributed by atoms with van der Waals surface area (Å²) in [5.74, 6) is -1.70. The van der Waals surface area contributed by atoms with Crippen LogP contribution in [0.25, 0.3) is 0 Å². The van der Waals surface area contributed by atoms with Gasteiger partial charge in [0.2, 0.25) is 5.91 Å². The summed E-state index contributed by atoms with van der Waals surface area (Å²) in [5, 5.41) is 12.9. The lowest BCUT2D eigenvalue weighted by Gasteiger charge is -2.41. The number of hydrogen-bond donors (Lipinski definition) is 1. The summed E-state index contributed by atoms with van der Waals surface area (Å²) in [6.07, 6.45) is 0.607. The third kappa shape index (κ3) is 6.02. The molecule has 31 heavy (non-hydrogen) atoms. The van der Waals surface area contributed by atoms with Gasteiger partial charge >= 0.3 is 11.9 Å². The number of hydrogen-bond acceptors (Lipinski definition) is 7. The van der Waals surface area contributed by atoms with E-state index >= 15 is 0 Å². The first kappa shape index (κ1) is 25.2. The number of amides is 1. The first-order valence-electron chi connectivity index (χ1n) is 9.98. The van der Waals surface area contributed by atoms with Crippen LogP contribution in [0.5, 0.6) is 5.75 Å². The number of nitrogens with zero attached hydrogens (tertiary/aromatic N) is 2. The van der Waals surface area contributed by atoms with Crippen LogP contribution in [-0.2, 0) is 30.4 Å². The maximum absolute atomic E-state index is 13.2. The fraction of sp³-hybridized carbons (Fsp3) is 0.571. The first-order chi connectivity index (χ1) is 14.5. The average molecular weight is 475 g/mol. The Morgan fingerprint density at radius 3 is 2.42 bits per heavy atom. The number of hydrazine groups is 1. The van der Waals surface area contributed by atoms with Gasteiger partial charge in [-0.15, -0.1) is 0 Å². The van der Waals surface area contributed by atoms with Gasteiger partial charge in [-0.05, 0) is 37.8 Å². The summed E-state index contributed by atoms with van der Waals surface area (Å²) < 4.78 is 10.1. The van der Waals surface area contributed by atoms with Gasteiger partial charge in [0.05, 0.1) is 30.3 Å². The summed E-state index contributed by atoms with van der Waals surface area (Å²) in [6.45, 7) is 5.96. The summed E-state index contributed by atoms with van der Waals surface area (Å²) in [4.78, 5) is 37.9. The number of aromatic hydroxyl groups is 1. The number of ether oxygens (including phenoxy) is 2. The van der Waals surface area contributed by atoms with Gasteiger partial charge in [0.25, 0.3) is 0 Å². The highest BCUT2D eigenvalue weighted by molar-refractivity contribution is 6.36. The largest absolute Gasteiger partial charge is 0.508 e. The molecule has 0 saturated carbocycles. The van der Waals surface area contributed by atoms with E-state index in [0.717, 1.165) is 0 Å². The molecule has 1 aliphatic rings. The number of halogens is 2. The Labute approximate surface area is 192 Å². The summed E-state index contributed by atoms with van der Waals surface area (Å²) >= 11 is 12.5. The second-order valence-corrected chi connectivity index (χ2v) is 8.90. The molecule has 10 heteroatoms. The van der Waals surface area contributed by atoms with E-state index in [1.807, 2.05) is 13.8 Å². The number of phenols is 1. The molecule has 1 N–H and O–H groups in total. The molecule has 0 aliphatic carbocycles. The molecule has 1 heterocycles. The minimum absolute atomic E-state index is 0.0964. The first-order valence-corrected chi connectivity index (χ1v) is 10.7. The molecule has 8 nitrogen and oxygen atoms in total. The number of methoxy groups -OCH3 is 1. The number of esters is 2. The number of carbonyl (C=O) groups is 3. The van der Waals surface area contributed by atoms with Crippen LogP contribution in [0.3, 0.4) is 0 Å². The quantitative estimate of drug-likeness (QED) is 0.454. The van der Waals surface area contributed by atoms with Gasteiger partial charge in [-0.2, -0.15) is 0 Å². The minimum Gasteiger partial charge on any atom is -0.508 e. The Morgan fingerprint density at radius 2 is 1.87 bits per heavy atom. The third-order valence-electron chi connectivity index (χ3n) is 5.11. The zero-order chi connectivity index (χ0) is 23.3. The van der Waals surface area contributed by atoms with E-state index in [-0.39, 0.29) is 34.9 Å². The van der Waals surface area contributed by atoms with Crippen molar-refractivity contribution in [2.45, 2.75) is 52.1 Å². The molecule has 0 aromatic heterocycles. The number of rotatable bonds is 8. The molecule has 1 saturated heterocycles. The SMILES string of the molecule is COC(=O)C1(C)CCCN1N(Cc1c(Cl)cc(O)cc1Cl)C(=O)CC(=O)OCC(C)C. The molecule has 1 fully saturated rings. The Kier molecular flexibility index (Phi) is 8.57. The molecule has 0 bridgehead atoms. The van der Waals surface area contributed by atoms with Gasteiger partial charge in [-0.1, -0.05) is 37.0 Å². The van der Waals surface area contributed by atoms with Crippen molar-refractivity contribution in [3.63, 3.8) is 0 Å². The van der Waals surface area contributed by atoms with E-state index in [1.165, 1.54) is 24.3 Å². The van der Waals surface area contributed by atoms with E-state index < -0.39 is 29.8 Å². The smallest absolute Gasteiger partial charge is 0.327 e. The highest BCUT2D eigenvalue weighted by Gasteiger charge is 2.48. The highest BCUT2D eigenvalue weighted by Crippen LogP contribution is 2.36. The molecule has 2 rings (SSSR count). The van der Waals surface area contributed by atoms with Crippen LogP contribution < -0.4 is 0 Å². The summed E-state index contributed by atoms with van der Waals surface area (Å²) in [6, 6.07) is 2.62. The molecule has 1 unspecified atom stereocenters. The lowest BCUT2D eigenvalue weighted by Crippen LogP contribution is -2.58. The van der Waals surface area contributed by atoms with Gasteiger partial charge in [0, 0.05) is 12.1 Å². The van der Waals surface area contributed by atoms with E-state index in [0.29, 0.717) is 24.9 Å². The van der Waals surface area contributed by atoms with E-state index in [2.05, 4.69) is 0 Å². The second-order valence-electron chi connectivity index (χ2n) is 8.09. The molecule has 1 aromatic rings. The Balaban J connectivity index is 2.37. The molecular weight excluding hydrogens is 447 g/mol. The molecule has 172 valence electrons. The van der Waals surface area contributed by atoms with Crippen LogP contribution in [0.2, 0.25) is 10.0 Å². The van der Waals surface area contributed by atoms with Gasteiger partial charge in [0.15, 0.2) is 0 Å². The normalized spacial score (nSPS) is 18.8. The van der Waals surface area contributed by atoms with Gasteiger partial charge in [-0.25, -0.2) is 9.80 Å².